The van der Waals surface area contributed by atoms with Crippen molar-refractivity contribution in [2.75, 3.05) is 0 Å². The quantitative estimate of drug-likeness (QED) is 0.739. The summed E-state index contributed by atoms with van der Waals surface area (Å²) in [7, 11) is 1.77. The van der Waals surface area contributed by atoms with E-state index in [1.807, 2.05) is 6.92 Å². The van der Waals surface area contributed by atoms with Crippen LogP contribution < -0.4 is 11.1 Å². The molecule has 88 valence electrons. The van der Waals surface area contributed by atoms with Gasteiger partial charge in [0.15, 0.2) is 0 Å². The van der Waals surface area contributed by atoms with Crippen LogP contribution in [-0.4, -0.2) is 26.7 Å². The van der Waals surface area contributed by atoms with Gasteiger partial charge in [0.1, 0.15) is 0 Å². The van der Waals surface area contributed by atoms with Crippen LogP contribution in [0, 0.1) is 0 Å². The van der Waals surface area contributed by atoms with Gasteiger partial charge < -0.3 is 11.1 Å². The molecule has 0 radical (unpaired) electrons. The Morgan fingerprint density at radius 3 is 2.88 bits per heavy atom. The number of carbonyl (C=O) groups excluding carboxylic acids is 1. The molecule has 3 N–H and O–H groups in total. The molecule has 0 aliphatic carbocycles. The van der Waals surface area contributed by atoms with Gasteiger partial charge in [-0.15, -0.1) is 0 Å². The normalized spacial score (nSPS) is 12.1. The summed E-state index contributed by atoms with van der Waals surface area (Å²) < 4.78 is 1.59. The first-order chi connectivity index (χ1) is 7.52. The van der Waals surface area contributed by atoms with E-state index in [0.29, 0.717) is 17.0 Å². The zero-order chi connectivity index (χ0) is 12.1. The lowest BCUT2D eigenvalue weighted by atomic mass is 10.1. The van der Waals surface area contributed by atoms with Gasteiger partial charge in [-0.25, -0.2) is 0 Å². The van der Waals surface area contributed by atoms with Crippen LogP contribution in [0.5, 0.6) is 0 Å². The molecular weight excluding hydrogens is 224 g/mol. The van der Waals surface area contributed by atoms with E-state index in [-0.39, 0.29) is 11.9 Å². The summed E-state index contributed by atoms with van der Waals surface area (Å²) in [6.45, 7) is 1.98. The van der Waals surface area contributed by atoms with E-state index in [4.69, 9.17) is 18.0 Å². The molecule has 6 heteroatoms. The summed E-state index contributed by atoms with van der Waals surface area (Å²) >= 11 is 4.82. The molecule has 1 aromatic rings. The number of nitrogens with one attached hydrogen (secondary N) is 1. The highest BCUT2D eigenvalue weighted by Gasteiger charge is 2.13. The Hall–Kier alpha value is -1.43. The first-order valence-electron chi connectivity index (χ1n) is 5.10. The maximum absolute atomic E-state index is 11.8. The smallest absolute Gasteiger partial charge is 0.254 e. The van der Waals surface area contributed by atoms with Crippen molar-refractivity contribution in [2.24, 2.45) is 12.8 Å². The lowest BCUT2D eigenvalue weighted by molar-refractivity contribution is 0.0937. The molecule has 1 amide bonds. The third kappa shape index (κ3) is 3.62. The largest absolute Gasteiger partial charge is 0.393 e. The number of amides is 1. The average Bonchev–Trinajstić information content (AvgIpc) is 2.63. The Morgan fingerprint density at radius 2 is 2.44 bits per heavy atom. The van der Waals surface area contributed by atoms with Crippen molar-refractivity contribution >= 4 is 23.1 Å². The van der Waals surface area contributed by atoms with Gasteiger partial charge >= 0.3 is 0 Å². The fraction of sp³-hybridized carbons (Fsp3) is 0.500. The van der Waals surface area contributed by atoms with Crippen LogP contribution in [0.3, 0.4) is 0 Å². The van der Waals surface area contributed by atoms with Gasteiger partial charge in [0.25, 0.3) is 5.91 Å². The second-order valence-corrected chi connectivity index (χ2v) is 4.18. The topological polar surface area (TPSA) is 72.9 Å². The molecule has 1 unspecified atom stereocenters. The third-order valence-electron chi connectivity index (χ3n) is 2.24. The van der Waals surface area contributed by atoms with E-state index in [9.17, 15) is 4.79 Å². The molecule has 0 aromatic carbocycles. The number of hydrogen-bond donors (Lipinski definition) is 2. The zero-order valence-corrected chi connectivity index (χ0v) is 10.3. The molecule has 1 aromatic heterocycles. The van der Waals surface area contributed by atoms with Crippen LogP contribution in [0.4, 0.5) is 0 Å². The minimum absolute atomic E-state index is 0.00907. The Labute approximate surface area is 100 Å². The molecule has 0 bridgehead atoms. The van der Waals surface area contributed by atoms with Gasteiger partial charge in [-0.3, -0.25) is 9.48 Å². The van der Waals surface area contributed by atoms with Crippen molar-refractivity contribution < 1.29 is 4.79 Å². The van der Waals surface area contributed by atoms with Crippen LogP contribution in [0.2, 0.25) is 0 Å². The van der Waals surface area contributed by atoms with E-state index in [1.54, 1.807) is 17.9 Å². The van der Waals surface area contributed by atoms with E-state index in [2.05, 4.69) is 10.4 Å². The van der Waals surface area contributed by atoms with Crippen LogP contribution in [0.15, 0.2) is 12.4 Å². The predicted octanol–water partition coefficient (Wildman–Crippen LogP) is 0.605. The zero-order valence-electron chi connectivity index (χ0n) is 9.43. The van der Waals surface area contributed by atoms with E-state index >= 15 is 0 Å². The molecule has 1 heterocycles. The molecule has 0 saturated carbocycles. The molecule has 0 aliphatic heterocycles. The summed E-state index contributed by atoms with van der Waals surface area (Å²) in [6.07, 6.45) is 4.52. The molecule has 0 saturated heterocycles. The molecular formula is C10H16N4OS. The maximum atomic E-state index is 11.8. The van der Waals surface area contributed by atoms with Crippen LogP contribution in [-0.2, 0) is 7.05 Å². The molecule has 0 aliphatic rings. The number of nitrogens with zero attached hydrogens (tertiary/aromatic N) is 2. The van der Waals surface area contributed by atoms with Gasteiger partial charge in [-0.05, 0) is 6.42 Å². The summed E-state index contributed by atoms with van der Waals surface area (Å²) in [4.78, 5) is 12.2. The minimum Gasteiger partial charge on any atom is -0.393 e. The first kappa shape index (κ1) is 12.6. The first-order valence-corrected chi connectivity index (χ1v) is 5.51. The Kier molecular flexibility index (Phi) is 4.42. The van der Waals surface area contributed by atoms with Crippen molar-refractivity contribution in [1.82, 2.24) is 15.1 Å². The fourth-order valence-electron chi connectivity index (χ4n) is 1.35. The molecule has 1 rings (SSSR count). The monoisotopic (exact) mass is 240 g/mol. The number of thiocarbonyl (C=S) groups is 1. The SMILES string of the molecule is CCC(CC(N)=S)NC(=O)c1cnn(C)c1. The van der Waals surface area contributed by atoms with Gasteiger partial charge in [0, 0.05) is 25.7 Å². The number of carbonyl (C=O) groups is 1. The number of nitrogens with two attached hydrogens (primary N) is 1. The van der Waals surface area contributed by atoms with Crippen molar-refractivity contribution in [3.05, 3.63) is 18.0 Å². The summed E-state index contributed by atoms with van der Waals surface area (Å²) in [5.74, 6) is -0.142. The van der Waals surface area contributed by atoms with Crippen LogP contribution >= 0.6 is 12.2 Å². The highest BCUT2D eigenvalue weighted by atomic mass is 32.1. The fourth-order valence-corrected chi connectivity index (χ4v) is 1.55. The van der Waals surface area contributed by atoms with Crippen molar-refractivity contribution in [3.8, 4) is 0 Å². The highest BCUT2D eigenvalue weighted by molar-refractivity contribution is 7.80. The van der Waals surface area contributed by atoms with E-state index in [0.717, 1.165) is 6.42 Å². The van der Waals surface area contributed by atoms with Gasteiger partial charge in [-0.1, -0.05) is 19.1 Å². The Bertz CT molecular complexity index is 388. The highest BCUT2D eigenvalue weighted by Crippen LogP contribution is 2.02. The van der Waals surface area contributed by atoms with Gasteiger partial charge in [0.2, 0.25) is 0 Å². The lowest BCUT2D eigenvalue weighted by Crippen LogP contribution is -2.36. The Balaban J connectivity index is 2.58. The number of rotatable bonds is 5. The minimum atomic E-state index is -0.142. The number of aromatic nitrogens is 2. The second-order valence-electron chi connectivity index (χ2n) is 3.65. The summed E-state index contributed by atoms with van der Waals surface area (Å²) in [5.41, 5.74) is 6.00. The summed E-state index contributed by atoms with van der Waals surface area (Å²) in [5, 5.41) is 6.80. The van der Waals surface area contributed by atoms with Crippen LogP contribution in [0.25, 0.3) is 0 Å². The molecule has 5 nitrogen and oxygen atoms in total. The van der Waals surface area contributed by atoms with Crippen molar-refractivity contribution in [3.63, 3.8) is 0 Å². The molecule has 0 spiro atoms. The standard InChI is InChI=1S/C10H16N4OS/c1-3-8(4-9(11)16)13-10(15)7-5-12-14(2)6-7/h5-6,8H,3-4H2,1-2H3,(H2,11,16)(H,13,15). The lowest BCUT2D eigenvalue weighted by Gasteiger charge is -2.15. The average molecular weight is 240 g/mol. The Morgan fingerprint density at radius 1 is 1.75 bits per heavy atom. The number of aryl methyl sites for hydroxylation is 1. The van der Waals surface area contributed by atoms with Gasteiger partial charge in [0.05, 0.1) is 16.7 Å². The maximum Gasteiger partial charge on any atom is 0.254 e. The van der Waals surface area contributed by atoms with Crippen molar-refractivity contribution in [2.45, 2.75) is 25.8 Å². The predicted molar refractivity (Wildman–Crippen MR) is 66.2 cm³/mol. The van der Waals surface area contributed by atoms with E-state index in [1.165, 1.54) is 6.20 Å². The summed E-state index contributed by atoms with van der Waals surface area (Å²) in [6, 6.07) is -0.00907. The van der Waals surface area contributed by atoms with E-state index < -0.39 is 0 Å². The molecule has 1 atom stereocenters. The number of hydrogen-bond acceptors (Lipinski definition) is 3. The van der Waals surface area contributed by atoms with Gasteiger partial charge in [-0.2, -0.15) is 5.10 Å². The van der Waals surface area contributed by atoms with Crippen molar-refractivity contribution in [1.29, 1.82) is 0 Å². The van der Waals surface area contributed by atoms with Crippen LogP contribution in [0.1, 0.15) is 30.1 Å². The second kappa shape index (κ2) is 5.60. The third-order valence-corrected chi connectivity index (χ3v) is 2.41. The molecule has 0 fully saturated rings. The molecule has 16 heavy (non-hydrogen) atoms.